The predicted molar refractivity (Wildman–Crippen MR) is 169 cm³/mol. The van der Waals surface area contributed by atoms with Crippen LogP contribution in [0.15, 0.2) is 11.6 Å². The van der Waals surface area contributed by atoms with Crippen LogP contribution in [-0.2, 0) is 38.1 Å². The van der Waals surface area contributed by atoms with Crippen molar-refractivity contribution in [3.63, 3.8) is 0 Å². The van der Waals surface area contributed by atoms with Crippen LogP contribution < -0.4 is 10.6 Å². The zero-order valence-corrected chi connectivity index (χ0v) is 30.1. The smallest absolute Gasteiger partial charge is 0.264 e. The molecule has 2 N–H and O–H groups in total. The normalized spacial score (nSPS) is 19.2. The van der Waals surface area contributed by atoms with Gasteiger partial charge < -0.3 is 44.0 Å². The van der Waals surface area contributed by atoms with E-state index in [9.17, 15) is 19.6 Å². The van der Waals surface area contributed by atoms with Crippen LogP contribution in [0.1, 0.15) is 59.3 Å². The molecule has 1 saturated carbocycles. The number of carbonyl (C=O) groups excluding carboxylic acids is 3. The molecule has 2 unspecified atom stereocenters. The van der Waals surface area contributed by atoms with E-state index in [1.54, 1.807) is 17.4 Å². The zero-order chi connectivity index (χ0) is 32.8. The summed E-state index contributed by atoms with van der Waals surface area (Å²) in [5, 5.41) is 15.1. The molecule has 2 rings (SSSR count). The van der Waals surface area contributed by atoms with E-state index in [1.807, 2.05) is 20.8 Å². The maximum Gasteiger partial charge on any atom is 0.264 e. The minimum Gasteiger partial charge on any atom is -0.528 e. The quantitative estimate of drug-likeness (QED) is 0.0555. The van der Waals surface area contributed by atoms with Gasteiger partial charge in [0.1, 0.15) is 11.6 Å². The average Bonchev–Trinajstić information content (AvgIpc) is 3.04. The van der Waals surface area contributed by atoms with Crippen LogP contribution >= 0.6 is 0 Å². The van der Waals surface area contributed by atoms with Crippen LogP contribution in [0.5, 0.6) is 0 Å². The Kier molecular flexibility index (Phi) is 23.9. The van der Waals surface area contributed by atoms with E-state index in [0.717, 1.165) is 19.3 Å². The van der Waals surface area contributed by atoms with Gasteiger partial charge in [0.05, 0.1) is 72.0 Å². The van der Waals surface area contributed by atoms with Crippen molar-refractivity contribution in [2.24, 2.45) is 23.2 Å². The molecular weight excluding hydrogens is 739 g/mol. The maximum atomic E-state index is 13.4. The number of carbonyl (C=O) groups is 2. The number of piperidine rings is 1. The van der Waals surface area contributed by atoms with Gasteiger partial charge in [-0.3, -0.25) is 9.59 Å². The van der Waals surface area contributed by atoms with E-state index in [4.69, 9.17) is 23.7 Å². The summed E-state index contributed by atoms with van der Waals surface area (Å²) < 4.78 is 27.2. The van der Waals surface area contributed by atoms with E-state index in [1.165, 1.54) is 19.3 Å². The number of ether oxygens (including phenoxy) is 5. The topological polar surface area (TPSA) is 148 Å². The number of rotatable bonds is 22. The molecule has 2 fully saturated rings. The van der Waals surface area contributed by atoms with Gasteiger partial charge >= 0.3 is 0 Å². The number of nitriles is 1. The maximum absolute atomic E-state index is 13.4. The van der Waals surface area contributed by atoms with Crippen molar-refractivity contribution >= 4 is 18.2 Å². The molecule has 1 aliphatic heterocycles. The zero-order valence-electron chi connectivity index (χ0n) is 27.9. The molecule has 46 heavy (non-hydrogen) atoms. The molecule has 0 spiro atoms. The molecule has 1 aliphatic carbocycles. The molecule has 1 saturated heterocycles. The van der Waals surface area contributed by atoms with Crippen LogP contribution in [0.3, 0.4) is 0 Å². The molecule has 0 aromatic rings. The van der Waals surface area contributed by atoms with Gasteiger partial charge in [-0.25, -0.2) is 0 Å². The summed E-state index contributed by atoms with van der Waals surface area (Å²) in [7, 11) is 0. The van der Waals surface area contributed by atoms with Gasteiger partial charge in [-0.2, -0.15) is 11.7 Å². The number of nitrogens with zero attached hydrogens (tertiary/aromatic N) is 2. The fraction of sp³-hybridized carbons (Fsp3) is 0.818. The Morgan fingerprint density at radius 3 is 1.85 bits per heavy atom. The molecule has 2 atom stereocenters. The Hall–Kier alpha value is -1.27. The third-order valence-electron chi connectivity index (χ3n) is 7.86. The number of nitrogens with one attached hydrogen (secondary N) is 2. The van der Waals surface area contributed by atoms with Crippen LogP contribution in [-0.4, -0.2) is 115 Å². The molecule has 12 nitrogen and oxygen atoms in total. The van der Waals surface area contributed by atoms with Crippen molar-refractivity contribution in [1.29, 1.82) is 5.26 Å². The number of hydrogen-bond acceptors (Lipinski definition) is 9. The monoisotopic (exact) mass is 794 g/mol. The predicted octanol–water partition coefficient (Wildman–Crippen LogP) is 2.38. The van der Waals surface area contributed by atoms with Crippen molar-refractivity contribution in [3.8, 4) is 6.07 Å². The third-order valence-corrected chi connectivity index (χ3v) is 7.86. The van der Waals surface area contributed by atoms with Crippen molar-refractivity contribution in [3.05, 3.63) is 11.6 Å². The molecule has 2 aliphatic rings. The van der Waals surface area contributed by atoms with Gasteiger partial charge in [0.2, 0.25) is 5.91 Å². The van der Waals surface area contributed by atoms with Gasteiger partial charge in [0, 0.05) is 64.8 Å². The van der Waals surface area contributed by atoms with E-state index in [0.29, 0.717) is 98.2 Å². The van der Waals surface area contributed by atoms with E-state index in [-0.39, 0.29) is 73.2 Å². The molecule has 0 bridgehead atoms. The molecule has 1 heterocycles. The third kappa shape index (κ3) is 18.9. The Labute approximate surface area is 306 Å². The molecule has 3 amide bonds. The SMILES string of the molecule is CC(C)(C)/C=C(\C#N)C(=O)N1CC(C(=O)NCCOCCOCCOCCOCCOCCN[C-]=O)CC(C2CCCCC2)C1.[Tb]. The van der Waals surface area contributed by atoms with E-state index >= 15 is 0 Å². The first-order chi connectivity index (χ1) is 21.7. The number of likely N-dealkylation sites (tertiary alicyclic amines) is 1. The molecule has 13 heteroatoms. The Balaban J connectivity index is 0.0000106. The average molecular weight is 795 g/mol. The summed E-state index contributed by atoms with van der Waals surface area (Å²) in [4.78, 5) is 38.3. The number of hydrogen-bond donors (Lipinski definition) is 2. The second kappa shape index (κ2) is 25.7. The molecule has 0 aromatic carbocycles. The van der Waals surface area contributed by atoms with Crippen molar-refractivity contribution in [2.45, 2.75) is 59.3 Å². The van der Waals surface area contributed by atoms with E-state index < -0.39 is 0 Å². The first-order valence-electron chi connectivity index (χ1n) is 16.4. The van der Waals surface area contributed by atoms with Crippen molar-refractivity contribution in [1.82, 2.24) is 15.5 Å². The second-order valence-corrected chi connectivity index (χ2v) is 12.7. The standard InChI is InChI=1S/C33H55N4O8.Tb/c1-33(2,3)22-30(23-34)32(40)37-24-28(27-7-5-4-6-8-27)21-29(25-37)31(39)36-10-12-42-14-16-44-18-20-45-19-17-43-15-13-41-11-9-35-26-38;/h22,27-29H,4-21,24-25H2,1-3H3,(H,35,38)(H,36,39);/q-1;/b30-22+;. The largest absolute Gasteiger partial charge is 0.528 e. The fourth-order valence-electron chi connectivity index (χ4n) is 5.73. The summed E-state index contributed by atoms with van der Waals surface area (Å²) in [5.74, 6) is 0.139. The number of amides is 3. The van der Waals surface area contributed by atoms with Gasteiger partial charge in [-0.1, -0.05) is 59.0 Å². The minimum atomic E-state index is -0.304. The van der Waals surface area contributed by atoms with E-state index in [2.05, 4.69) is 16.7 Å². The van der Waals surface area contributed by atoms with Gasteiger partial charge in [-0.15, -0.1) is 0 Å². The summed E-state index contributed by atoms with van der Waals surface area (Å²) in [6, 6.07) is 2.10. The van der Waals surface area contributed by atoms with Crippen molar-refractivity contribution < 1.29 is 76.7 Å². The minimum absolute atomic E-state index is 0. The molecule has 265 valence electrons. The van der Waals surface area contributed by atoms with Crippen LogP contribution in [0, 0.1) is 73.1 Å². The van der Waals surface area contributed by atoms with Gasteiger partial charge in [0.25, 0.3) is 5.91 Å². The Morgan fingerprint density at radius 2 is 1.35 bits per heavy atom. The molecular formula is C33H55N4O8Tb-. The molecule has 0 aromatic heterocycles. The van der Waals surface area contributed by atoms with Crippen molar-refractivity contribution in [2.75, 3.05) is 92.2 Å². The summed E-state index contributed by atoms with van der Waals surface area (Å²) >= 11 is 0. The van der Waals surface area contributed by atoms with Crippen LogP contribution in [0.4, 0.5) is 0 Å². The van der Waals surface area contributed by atoms with Gasteiger partial charge in [-0.05, 0) is 23.7 Å². The first kappa shape index (κ1) is 42.7. The summed E-state index contributed by atoms with van der Waals surface area (Å²) in [6.07, 6.45) is 10.0. The number of allylic oxidation sites excluding steroid dienone is 1. The molecule has 1 radical (unpaired) electrons. The van der Waals surface area contributed by atoms with Crippen LogP contribution in [0.25, 0.3) is 0 Å². The fourth-order valence-corrected chi connectivity index (χ4v) is 5.73. The second-order valence-electron chi connectivity index (χ2n) is 12.7. The first-order valence-corrected chi connectivity index (χ1v) is 16.4. The van der Waals surface area contributed by atoms with Gasteiger partial charge in [0.15, 0.2) is 0 Å². The Bertz CT molecular complexity index is 934. The Morgan fingerprint density at radius 1 is 0.826 bits per heavy atom. The summed E-state index contributed by atoms with van der Waals surface area (Å²) in [5.41, 5.74) is -0.140. The summed E-state index contributed by atoms with van der Waals surface area (Å²) in [6.45, 7) is 12.0. The van der Waals surface area contributed by atoms with Crippen LogP contribution in [0.2, 0.25) is 0 Å².